The summed E-state index contributed by atoms with van der Waals surface area (Å²) in [5.41, 5.74) is 9.99. The number of guanidine groups is 1. The van der Waals surface area contributed by atoms with Crippen molar-refractivity contribution in [1.29, 1.82) is 0 Å². The molecule has 5 heteroatoms. The minimum atomic E-state index is 0. The van der Waals surface area contributed by atoms with E-state index in [1.54, 1.807) is 0 Å². The summed E-state index contributed by atoms with van der Waals surface area (Å²) in [6, 6.07) is 6.45. The number of aliphatic imine (C=N–C) groups is 1. The van der Waals surface area contributed by atoms with Gasteiger partial charge in [-0.25, -0.2) is 0 Å². The molecule has 0 heterocycles. The van der Waals surface area contributed by atoms with Gasteiger partial charge in [0.25, 0.3) is 0 Å². The largest absolute Gasteiger partial charge is 0.396 e. The highest BCUT2D eigenvalue weighted by atomic mass is 127. The standard InChI is InChI=1S/C18H29N3O.HI/c1-3-18(4-2,10-11-22)13-20-17(19)21-16-9-8-14-6-5-7-15(14)12-16;/h8-9,12,22H,3-7,10-11,13H2,1-2H3,(H3,19,20,21);1H. The maximum Gasteiger partial charge on any atom is 0.193 e. The predicted octanol–water partition coefficient (Wildman–Crippen LogP) is 3.71. The zero-order valence-corrected chi connectivity index (χ0v) is 16.6. The van der Waals surface area contributed by atoms with Gasteiger partial charge < -0.3 is 16.2 Å². The van der Waals surface area contributed by atoms with Crippen LogP contribution >= 0.6 is 24.0 Å². The fourth-order valence-electron chi connectivity index (χ4n) is 3.23. The average molecular weight is 431 g/mol. The van der Waals surface area contributed by atoms with Gasteiger partial charge in [-0.2, -0.15) is 0 Å². The lowest BCUT2D eigenvalue weighted by Gasteiger charge is -2.29. The number of nitrogens with one attached hydrogen (secondary N) is 1. The zero-order valence-electron chi connectivity index (χ0n) is 14.3. The van der Waals surface area contributed by atoms with Crippen LogP contribution in [0.25, 0.3) is 0 Å². The van der Waals surface area contributed by atoms with Crippen molar-refractivity contribution in [2.45, 2.75) is 52.4 Å². The molecule has 0 unspecified atom stereocenters. The summed E-state index contributed by atoms with van der Waals surface area (Å²) in [6.07, 6.45) is 6.37. The molecule has 0 spiro atoms. The van der Waals surface area contributed by atoms with Crippen molar-refractivity contribution in [1.82, 2.24) is 0 Å². The van der Waals surface area contributed by atoms with Crippen molar-refractivity contribution >= 4 is 35.6 Å². The Balaban J connectivity index is 0.00000264. The van der Waals surface area contributed by atoms with Gasteiger partial charge in [0.1, 0.15) is 0 Å². The number of aryl methyl sites for hydroxylation is 2. The summed E-state index contributed by atoms with van der Waals surface area (Å²) in [4.78, 5) is 4.52. The van der Waals surface area contributed by atoms with Crippen molar-refractivity contribution in [3.8, 4) is 0 Å². The first-order valence-electron chi connectivity index (χ1n) is 8.42. The maximum atomic E-state index is 9.26. The molecule has 1 aromatic rings. The van der Waals surface area contributed by atoms with Crippen molar-refractivity contribution in [2.24, 2.45) is 16.1 Å². The van der Waals surface area contributed by atoms with Crippen LogP contribution < -0.4 is 11.1 Å². The highest BCUT2D eigenvalue weighted by molar-refractivity contribution is 14.0. The quantitative estimate of drug-likeness (QED) is 0.350. The summed E-state index contributed by atoms with van der Waals surface area (Å²) in [5, 5.41) is 12.5. The van der Waals surface area contributed by atoms with Gasteiger partial charge in [-0.3, -0.25) is 4.99 Å². The average Bonchev–Trinajstić information content (AvgIpc) is 2.99. The van der Waals surface area contributed by atoms with E-state index < -0.39 is 0 Å². The van der Waals surface area contributed by atoms with Gasteiger partial charge in [-0.05, 0) is 67.2 Å². The molecule has 1 aliphatic rings. The van der Waals surface area contributed by atoms with Crippen LogP contribution in [0.2, 0.25) is 0 Å². The van der Waals surface area contributed by atoms with E-state index in [0.29, 0.717) is 12.5 Å². The molecule has 1 aromatic carbocycles. The molecule has 0 saturated heterocycles. The lowest BCUT2D eigenvalue weighted by molar-refractivity contribution is 0.175. The Morgan fingerprint density at radius 2 is 1.96 bits per heavy atom. The number of hydrogen-bond donors (Lipinski definition) is 3. The SMILES string of the molecule is CCC(CC)(CCO)CN=C(N)Nc1ccc2c(c1)CCC2.I. The number of rotatable bonds is 7. The van der Waals surface area contributed by atoms with Gasteiger partial charge in [0.05, 0.1) is 0 Å². The highest BCUT2D eigenvalue weighted by Gasteiger charge is 2.25. The smallest absolute Gasteiger partial charge is 0.193 e. The number of hydrogen-bond acceptors (Lipinski definition) is 2. The van der Waals surface area contributed by atoms with Gasteiger partial charge in [0.15, 0.2) is 5.96 Å². The topological polar surface area (TPSA) is 70.6 Å². The summed E-state index contributed by atoms with van der Waals surface area (Å²) < 4.78 is 0. The molecule has 2 rings (SSSR count). The first-order valence-corrected chi connectivity index (χ1v) is 8.42. The summed E-state index contributed by atoms with van der Waals surface area (Å²) >= 11 is 0. The van der Waals surface area contributed by atoms with E-state index in [9.17, 15) is 5.11 Å². The molecule has 23 heavy (non-hydrogen) atoms. The molecule has 0 saturated carbocycles. The van der Waals surface area contributed by atoms with Crippen molar-refractivity contribution in [3.05, 3.63) is 29.3 Å². The Bertz CT molecular complexity index is 527. The van der Waals surface area contributed by atoms with Crippen LogP contribution in [0, 0.1) is 5.41 Å². The van der Waals surface area contributed by atoms with E-state index in [1.165, 1.54) is 24.0 Å². The Morgan fingerprint density at radius 1 is 1.26 bits per heavy atom. The molecule has 4 nitrogen and oxygen atoms in total. The van der Waals surface area contributed by atoms with E-state index >= 15 is 0 Å². The fraction of sp³-hybridized carbons (Fsp3) is 0.611. The first kappa shape index (κ1) is 20.2. The summed E-state index contributed by atoms with van der Waals surface area (Å²) in [6.45, 7) is 5.16. The third-order valence-corrected chi connectivity index (χ3v) is 5.10. The molecule has 0 bridgehead atoms. The number of anilines is 1. The van der Waals surface area contributed by atoms with Crippen LogP contribution in [0.5, 0.6) is 0 Å². The summed E-state index contributed by atoms with van der Waals surface area (Å²) in [7, 11) is 0. The Kier molecular flexibility index (Phi) is 8.33. The van der Waals surface area contributed by atoms with E-state index in [1.807, 2.05) is 0 Å². The number of fused-ring (bicyclic) bond motifs is 1. The molecule has 0 aliphatic heterocycles. The normalized spacial score (nSPS) is 14.3. The second-order valence-electron chi connectivity index (χ2n) is 6.34. The molecule has 0 fully saturated rings. The minimum Gasteiger partial charge on any atom is -0.396 e. The van der Waals surface area contributed by atoms with E-state index in [2.05, 4.69) is 42.4 Å². The zero-order chi connectivity index (χ0) is 16.0. The maximum absolute atomic E-state index is 9.26. The Labute approximate surface area is 157 Å². The third kappa shape index (κ3) is 5.35. The van der Waals surface area contributed by atoms with Crippen LogP contribution in [0.4, 0.5) is 5.69 Å². The Morgan fingerprint density at radius 3 is 2.61 bits per heavy atom. The van der Waals surface area contributed by atoms with E-state index in [-0.39, 0.29) is 36.0 Å². The number of aliphatic hydroxyl groups excluding tert-OH is 1. The minimum absolute atomic E-state index is 0. The summed E-state index contributed by atoms with van der Waals surface area (Å²) in [5.74, 6) is 0.460. The van der Waals surface area contributed by atoms with Gasteiger partial charge in [0.2, 0.25) is 0 Å². The number of aliphatic hydroxyl groups is 1. The number of nitrogens with two attached hydrogens (primary N) is 1. The second-order valence-corrected chi connectivity index (χ2v) is 6.34. The lowest BCUT2D eigenvalue weighted by atomic mass is 9.79. The van der Waals surface area contributed by atoms with Gasteiger partial charge in [-0.1, -0.05) is 19.9 Å². The van der Waals surface area contributed by atoms with Gasteiger partial charge in [-0.15, -0.1) is 24.0 Å². The number of benzene rings is 1. The number of nitrogens with zero attached hydrogens (tertiary/aromatic N) is 1. The van der Waals surface area contributed by atoms with Crippen LogP contribution in [0.15, 0.2) is 23.2 Å². The lowest BCUT2D eigenvalue weighted by Crippen LogP contribution is -2.29. The van der Waals surface area contributed by atoms with Crippen LogP contribution in [-0.2, 0) is 12.8 Å². The number of halogens is 1. The molecule has 0 aromatic heterocycles. The molecule has 130 valence electrons. The Hall–Kier alpha value is -0.820. The fourth-order valence-corrected chi connectivity index (χ4v) is 3.23. The van der Waals surface area contributed by atoms with Crippen LogP contribution in [-0.4, -0.2) is 24.2 Å². The molecular weight excluding hydrogens is 401 g/mol. The van der Waals surface area contributed by atoms with Crippen molar-refractivity contribution in [2.75, 3.05) is 18.5 Å². The predicted molar refractivity (Wildman–Crippen MR) is 109 cm³/mol. The van der Waals surface area contributed by atoms with Crippen LogP contribution in [0.1, 0.15) is 50.7 Å². The van der Waals surface area contributed by atoms with Crippen molar-refractivity contribution < 1.29 is 5.11 Å². The van der Waals surface area contributed by atoms with Crippen LogP contribution in [0.3, 0.4) is 0 Å². The second kappa shape index (κ2) is 9.47. The molecule has 0 amide bonds. The molecule has 4 N–H and O–H groups in total. The van der Waals surface area contributed by atoms with E-state index in [0.717, 1.165) is 31.4 Å². The molecule has 0 atom stereocenters. The van der Waals surface area contributed by atoms with Gasteiger partial charge >= 0.3 is 0 Å². The highest BCUT2D eigenvalue weighted by Crippen LogP contribution is 2.30. The molecule has 0 radical (unpaired) electrons. The first-order chi connectivity index (χ1) is 10.6. The molecule has 1 aliphatic carbocycles. The third-order valence-electron chi connectivity index (χ3n) is 5.10. The van der Waals surface area contributed by atoms with Gasteiger partial charge in [0, 0.05) is 18.8 Å². The monoisotopic (exact) mass is 431 g/mol. The van der Waals surface area contributed by atoms with E-state index in [4.69, 9.17) is 5.73 Å². The molecular formula is C18H30IN3O. The van der Waals surface area contributed by atoms with Crippen molar-refractivity contribution in [3.63, 3.8) is 0 Å².